The van der Waals surface area contributed by atoms with Gasteiger partial charge < -0.3 is 15.0 Å². The van der Waals surface area contributed by atoms with E-state index >= 15 is 0 Å². The lowest BCUT2D eigenvalue weighted by Gasteiger charge is -2.20. The number of rotatable bonds is 6. The third kappa shape index (κ3) is 4.75. The van der Waals surface area contributed by atoms with Crippen molar-refractivity contribution in [2.75, 3.05) is 38.1 Å². The molecule has 0 aromatic heterocycles. The van der Waals surface area contributed by atoms with Crippen LogP contribution in [0.4, 0.5) is 5.69 Å². The molecule has 0 saturated carbocycles. The monoisotopic (exact) mass is 262 g/mol. The quantitative estimate of drug-likeness (QED) is 0.850. The zero-order valence-corrected chi connectivity index (χ0v) is 12.0. The second-order valence-electron chi connectivity index (χ2n) is 5.11. The van der Waals surface area contributed by atoms with E-state index in [0.717, 1.165) is 24.5 Å². The van der Waals surface area contributed by atoms with Gasteiger partial charge in [-0.25, -0.2) is 0 Å². The molecule has 1 aromatic rings. The van der Waals surface area contributed by atoms with E-state index in [9.17, 15) is 0 Å². The molecule has 0 aliphatic carbocycles. The van der Waals surface area contributed by atoms with Crippen LogP contribution in [0.3, 0.4) is 0 Å². The van der Waals surface area contributed by atoms with Gasteiger partial charge in [-0.2, -0.15) is 0 Å². The lowest BCUT2D eigenvalue weighted by Crippen LogP contribution is -2.30. The molecule has 0 unspecified atom stereocenters. The fraction of sp³-hybridized carbons (Fsp3) is 0.625. The number of anilines is 1. The first kappa shape index (κ1) is 14.2. The molecule has 0 radical (unpaired) electrons. The maximum absolute atomic E-state index is 5.62. The summed E-state index contributed by atoms with van der Waals surface area (Å²) in [4.78, 5) is 2.57. The highest BCUT2D eigenvalue weighted by Crippen LogP contribution is 2.23. The van der Waals surface area contributed by atoms with Crippen LogP contribution in [0.5, 0.6) is 5.75 Å². The van der Waals surface area contributed by atoms with Crippen LogP contribution in [0.2, 0.25) is 0 Å². The summed E-state index contributed by atoms with van der Waals surface area (Å²) in [5.41, 5.74) is 1.11. The largest absolute Gasteiger partial charge is 0.492 e. The molecular weight excluding hydrogens is 236 g/mol. The summed E-state index contributed by atoms with van der Waals surface area (Å²) in [6.45, 7) is 7.37. The Morgan fingerprint density at radius 2 is 1.84 bits per heavy atom. The Balaban J connectivity index is 1.78. The van der Waals surface area contributed by atoms with E-state index in [1.165, 1.54) is 38.8 Å². The molecule has 1 heterocycles. The Morgan fingerprint density at radius 3 is 2.58 bits per heavy atom. The van der Waals surface area contributed by atoms with Crippen molar-refractivity contribution in [2.24, 2.45) is 0 Å². The van der Waals surface area contributed by atoms with Gasteiger partial charge in [0.1, 0.15) is 5.75 Å². The van der Waals surface area contributed by atoms with Crippen LogP contribution in [0, 0.1) is 0 Å². The Hall–Kier alpha value is -1.22. The molecule has 3 heteroatoms. The van der Waals surface area contributed by atoms with Gasteiger partial charge in [0.15, 0.2) is 0 Å². The van der Waals surface area contributed by atoms with Crippen molar-refractivity contribution in [3.8, 4) is 5.75 Å². The summed E-state index contributed by atoms with van der Waals surface area (Å²) in [5.74, 6) is 0.959. The van der Waals surface area contributed by atoms with E-state index in [4.69, 9.17) is 4.74 Å². The predicted octanol–water partition coefficient (Wildman–Crippen LogP) is 3.37. The molecule has 0 spiro atoms. The molecule has 3 nitrogen and oxygen atoms in total. The van der Waals surface area contributed by atoms with Crippen molar-refractivity contribution >= 4 is 5.69 Å². The zero-order valence-electron chi connectivity index (χ0n) is 12.0. The van der Waals surface area contributed by atoms with E-state index in [-0.39, 0.29) is 0 Å². The molecule has 0 bridgehead atoms. The minimum absolute atomic E-state index is 0.713. The molecule has 1 aliphatic rings. The van der Waals surface area contributed by atoms with E-state index in [0.29, 0.717) is 6.61 Å². The maximum Gasteiger partial charge on any atom is 0.142 e. The minimum Gasteiger partial charge on any atom is -0.492 e. The Bertz CT molecular complexity index is 360. The predicted molar refractivity (Wildman–Crippen MR) is 81.0 cm³/mol. The first-order chi connectivity index (χ1) is 9.40. The van der Waals surface area contributed by atoms with Crippen molar-refractivity contribution < 1.29 is 4.74 Å². The van der Waals surface area contributed by atoms with Crippen LogP contribution in [-0.2, 0) is 0 Å². The number of hydrogen-bond acceptors (Lipinski definition) is 3. The molecule has 1 saturated heterocycles. The summed E-state index contributed by atoms with van der Waals surface area (Å²) in [7, 11) is 0. The van der Waals surface area contributed by atoms with Crippen LogP contribution in [-0.4, -0.2) is 37.7 Å². The van der Waals surface area contributed by atoms with E-state index in [1.54, 1.807) is 0 Å². The second kappa shape index (κ2) is 8.05. The number of likely N-dealkylation sites (tertiary alicyclic amines) is 1. The summed E-state index contributed by atoms with van der Waals surface area (Å²) < 4.78 is 5.62. The molecule has 1 N–H and O–H groups in total. The molecule has 0 amide bonds. The summed E-state index contributed by atoms with van der Waals surface area (Å²) in [6, 6.07) is 8.19. The number of hydrogen-bond donors (Lipinski definition) is 1. The second-order valence-corrected chi connectivity index (χ2v) is 5.11. The Labute approximate surface area is 116 Å². The highest BCUT2D eigenvalue weighted by molar-refractivity contribution is 5.56. The van der Waals surface area contributed by atoms with Crippen molar-refractivity contribution in [3.05, 3.63) is 24.3 Å². The molecule has 2 rings (SSSR count). The standard InChI is InChI=1S/C16H26N2O/c1-2-19-16-10-6-5-9-15(16)17-11-14-18-12-7-3-4-8-13-18/h5-6,9-10,17H,2-4,7-8,11-14H2,1H3. The number of ether oxygens (including phenoxy) is 1. The fourth-order valence-corrected chi connectivity index (χ4v) is 2.60. The van der Waals surface area contributed by atoms with Crippen LogP contribution in [0.25, 0.3) is 0 Å². The van der Waals surface area contributed by atoms with Crippen molar-refractivity contribution in [1.82, 2.24) is 4.90 Å². The van der Waals surface area contributed by atoms with Crippen LogP contribution in [0.1, 0.15) is 32.6 Å². The van der Waals surface area contributed by atoms with Gasteiger partial charge in [-0.15, -0.1) is 0 Å². The van der Waals surface area contributed by atoms with Crippen LogP contribution < -0.4 is 10.1 Å². The molecule has 106 valence electrons. The number of para-hydroxylation sites is 2. The van der Waals surface area contributed by atoms with Gasteiger partial charge in [-0.3, -0.25) is 0 Å². The first-order valence-electron chi connectivity index (χ1n) is 7.58. The fourth-order valence-electron chi connectivity index (χ4n) is 2.60. The Kier molecular flexibility index (Phi) is 6.02. The van der Waals surface area contributed by atoms with Crippen molar-refractivity contribution in [1.29, 1.82) is 0 Å². The van der Waals surface area contributed by atoms with E-state index in [2.05, 4.69) is 22.3 Å². The lowest BCUT2D eigenvalue weighted by molar-refractivity contribution is 0.296. The molecule has 1 aliphatic heterocycles. The van der Waals surface area contributed by atoms with Crippen molar-refractivity contribution in [2.45, 2.75) is 32.6 Å². The zero-order chi connectivity index (χ0) is 13.3. The van der Waals surface area contributed by atoms with Gasteiger partial charge in [-0.1, -0.05) is 25.0 Å². The number of nitrogens with zero attached hydrogens (tertiary/aromatic N) is 1. The van der Waals surface area contributed by atoms with Crippen LogP contribution >= 0.6 is 0 Å². The number of nitrogens with one attached hydrogen (secondary N) is 1. The number of benzene rings is 1. The first-order valence-corrected chi connectivity index (χ1v) is 7.58. The van der Waals surface area contributed by atoms with Gasteiger partial charge in [0.2, 0.25) is 0 Å². The molecule has 1 aromatic carbocycles. The SMILES string of the molecule is CCOc1ccccc1NCCN1CCCCCC1. The van der Waals surface area contributed by atoms with Crippen molar-refractivity contribution in [3.63, 3.8) is 0 Å². The van der Waals surface area contributed by atoms with Gasteiger partial charge in [0.25, 0.3) is 0 Å². The van der Waals surface area contributed by atoms with E-state index < -0.39 is 0 Å². The molecule has 1 fully saturated rings. The average Bonchev–Trinajstić information content (AvgIpc) is 2.70. The summed E-state index contributed by atoms with van der Waals surface area (Å²) >= 11 is 0. The van der Waals surface area contributed by atoms with Gasteiger partial charge in [-0.05, 0) is 45.0 Å². The van der Waals surface area contributed by atoms with Gasteiger partial charge >= 0.3 is 0 Å². The lowest BCUT2D eigenvalue weighted by atomic mass is 10.2. The third-order valence-corrected chi connectivity index (χ3v) is 3.63. The molecule has 19 heavy (non-hydrogen) atoms. The summed E-state index contributed by atoms with van der Waals surface area (Å²) in [6.07, 6.45) is 5.51. The molecular formula is C16H26N2O. The highest BCUT2D eigenvalue weighted by Gasteiger charge is 2.08. The topological polar surface area (TPSA) is 24.5 Å². The van der Waals surface area contributed by atoms with E-state index in [1.807, 2.05) is 19.1 Å². The highest BCUT2D eigenvalue weighted by atomic mass is 16.5. The third-order valence-electron chi connectivity index (χ3n) is 3.63. The smallest absolute Gasteiger partial charge is 0.142 e. The minimum atomic E-state index is 0.713. The maximum atomic E-state index is 5.62. The van der Waals surface area contributed by atoms with Crippen LogP contribution in [0.15, 0.2) is 24.3 Å². The summed E-state index contributed by atoms with van der Waals surface area (Å²) in [5, 5.41) is 3.50. The Morgan fingerprint density at radius 1 is 1.11 bits per heavy atom. The normalized spacial score (nSPS) is 16.9. The molecule has 0 atom stereocenters. The van der Waals surface area contributed by atoms with Gasteiger partial charge in [0, 0.05) is 13.1 Å². The average molecular weight is 262 g/mol. The van der Waals surface area contributed by atoms with Gasteiger partial charge in [0.05, 0.1) is 12.3 Å².